The van der Waals surface area contributed by atoms with Crippen LogP contribution in [0.1, 0.15) is 36.8 Å². The summed E-state index contributed by atoms with van der Waals surface area (Å²) in [5.41, 5.74) is 3.14. The largest absolute Gasteiger partial charge is 0.339 e. The van der Waals surface area contributed by atoms with Crippen LogP contribution in [0, 0.1) is 18.2 Å². The topological polar surface area (TPSA) is 45.6 Å². The van der Waals surface area contributed by atoms with E-state index in [1.54, 1.807) is 23.1 Å². The van der Waals surface area contributed by atoms with E-state index in [0.717, 1.165) is 17.0 Å². The van der Waals surface area contributed by atoms with E-state index in [2.05, 4.69) is 0 Å². The van der Waals surface area contributed by atoms with Crippen molar-refractivity contribution < 1.29 is 14.0 Å². The van der Waals surface area contributed by atoms with Crippen LogP contribution < -0.4 is 0 Å². The van der Waals surface area contributed by atoms with Crippen LogP contribution >= 0.6 is 11.6 Å². The third kappa shape index (κ3) is 4.73. The molecule has 5 nitrogen and oxygen atoms in total. The number of carbonyl (C=O) groups is 2. The molecule has 1 aliphatic heterocycles. The van der Waals surface area contributed by atoms with Crippen LogP contribution in [0.3, 0.4) is 0 Å². The minimum Gasteiger partial charge on any atom is -0.339 e. The minimum atomic E-state index is -0.446. The summed E-state index contributed by atoms with van der Waals surface area (Å²) in [6, 6.07) is 15.5. The second kappa shape index (κ2) is 9.26. The number of rotatable bonds is 3. The zero-order chi connectivity index (χ0) is 24.6. The number of halogens is 2. The number of nitrogens with zero attached hydrogens (tertiary/aromatic N) is 3. The molecular weight excluding hydrogens is 453 g/mol. The highest BCUT2D eigenvalue weighted by atomic mass is 35.5. The first kappa shape index (κ1) is 24.0. The van der Waals surface area contributed by atoms with Gasteiger partial charge in [-0.25, -0.2) is 4.39 Å². The van der Waals surface area contributed by atoms with Gasteiger partial charge < -0.3 is 14.4 Å². The highest BCUT2D eigenvalue weighted by Crippen LogP contribution is 2.31. The smallest absolute Gasteiger partial charge is 0.255 e. The van der Waals surface area contributed by atoms with Crippen molar-refractivity contribution in [1.82, 2.24) is 14.4 Å². The molecule has 0 spiro atoms. The van der Waals surface area contributed by atoms with E-state index < -0.39 is 5.41 Å². The van der Waals surface area contributed by atoms with Crippen LogP contribution in [0.5, 0.6) is 0 Å². The van der Waals surface area contributed by atoms with Gasteiger partial charge in [0.2, 0.25) is 5.91 Å². The van der Waals surface area contributed by atoms with E-state index in [1.807, 2.05) is 61.4 Å². The predicted octanol–water partition coefficient (Wildman–Crippen LogP) is 5.58. The van der Waals surface area contributed by atoms with E-state index in [4.69, 9.17) is 11.6 Å². The highest BCUT2D eigenvalue weighted by Gasteiger charge is 2.32. The van der Waals surface area contributed by atoms with Gasteiger partial charge in [-0.3, -0.25) is 9.59 Å². The van der Waals surface area contributed by atoms with Gasteiger partial charge >= 0.3 is 0 Å². The number of aromatic nitrogens is 1. The molecule has 1 aliphatic rings. The van der Waals surface area contributed by atoms with E-state index in [0.29, 0.717) is 42.5 Å². The summed E-state index contributed by atoms with van der Waals surface area (Å²) in [5.74, 6) is -0.344. The molecule has 1 aromatic heterocycles. The van der Waals surface area contributed by atoms with Crippen LogP contribution in [0.4, 0.5) is 4.39 Å². The average Bonchev–Trinajstić information content (AvgIpc) is 3.15. The third-order valence-electron chi connectivity index (χ3n) is 6.18. The number of benzene rings is 2. The zero-order valence-corrected chi connectivity index (χ0v) is 20.7. The van der Waals surface area contributed by atoms with Crippen LogP contribution in [0.2, 0.25) is 5.02 Å². The molecule has 178 valence electrons. The fraction of sp³-hybridized carbons (Fsp3) is 0.333. The molecule has 34 heavy (non-hydrogen) atoms. The zero-order valence-electron chi connectivity index (χ0n) is 19.9. The molecule has 0 bridgehead atoms. The van der Waals surface area contributed by atoms with Crippen molar-refractivity contribution in [3.05, 3.63) is 76.7 Å². The molecule has 4 rings (SSSR count). The summed E-state index contributed by atoms with van der Waals surface area (Å²) in [4.78, 5) is 29.8. The number of hydrogen-bond acceptors (Lipinski definition) is 2. The number of carbonyl (C=O) groups excluding carboxylic acids is 2. The summed E-state index contributed by atoms with van der Waals surface area (Å²) >= 11 is 6.08. The molecule has 0 N–H and O–H groups in total. The Morgan fingerprint density at radius 1 is 0.912 bits per heavy atom. The Morgan fingerprint density at radius 3 is 2.12 bits per heavy atom. The van der Waals surface area contributed by atoms with Gasteiger partial charge in [-0.2, -0.15) is 0 Å². The Hall–Kier alpha value is -3.12. The molecule has 2 heterocycles. The maximum Gasteiger partial charge on any atom is 0.255 e. The van der Waals surface area contributed by atoms with Gasteiger partial charge in [-0.1, -0.05) is 50.6 Å². The van der Waals surface area contributed by atoms with Crippen molar-refractivity contribution in [2.75, 3.05) is 26.2 Å². The van der Waals surface area contributed by atoms with Crippen LogP contribution in [-0.4, -0.2) is 52.4 Å². The molecule has 3 aromatic rings. The standard InChI is InChI=1S/C27H29ClFN3O2/c1-18-23(25(33)30-12-14-31(15-13-30)26(34)27(2,3)4)17-24(19-8-10-20(28)11-9-19)32(18)22-7-5-6-21(29)16-22/h5-11,16-17H,12-15H2,1-4H3. The second-order valence-corrected chi connectivity index (χ2v) is 10.1. The second-order valence-electron chi connectivity index (χ2n) is 9.69. The third-order valence-corrected chi connectivity index (χ3v) is 6.43. The summed E-state index contributed by atoms with van der Waals surface area (Å²) < 4.78 is 16.0. The maximum absolute atomic E-state index is 14.1. The van der Waals surface area contributed by atoms with Gasteiger partial charge in [0.25, 0.3) is 5.91 Å². The number of piperazine rings is 1. The number of hydrogen-bond donors (Lipinski definition) is 0. The fourth-order valence-corrected chi connectivity index (χ4v) is 4.49. The van der Waals surface area contributed by atoms with Crippen LogP contribution in [0.15, 0.2) is 54.6 Å². The average molecular weight is 482 g/mol. The first-order chi connectivity index (χ1) is 16.1. The van der Waals surface area contributed by atoms with Gasteiger partial charge in [0, 0.05) is 48.0 Å². The first-order valence-corrected chi connectivity index (χ1v) is 11.8. The Morgan fingerprint density at radius 2 is 1.53 bits per heavy atom. The molecule has 0 aliphatic carbocycles. The fourth-order valence-electron chi connectivity index (χ4n) is 4.36. The molecular formula is C27H29ClFN3O2. The Labute approximate surface area is 204 Å². The quantitative estimate of drug-likeness (QED) is 0.490. The summed E-state index contributed by atoms with van der Waals surface area (Å²) in [5, 5.41) is 0.614. The molecule has 1 saturated heterocycles. The van der Waals surface area contributed by atoms with Crippen molar-refractivity contribution in [2.24, 2.45) is 5.41 Å². The van der Waals surface area contributed by atoms with Gasteiger partial charge in [0.15, 0.2) is 0 Å². The Bertz CT molecular complexity index is 1220. The molecule has 0 saturated carbocycles. The van der Waals surface area contributed by atoms with Gasteiger partial charge in [-0.15, -0.1) is 0 Å². The Kier molecular flexibility index (Phi) is 6.54. The molecule has 7 heteroatoms. The van der Waals surface area contributed by atoms with Crippen molar-refractivity contribution in [2.45, 2.75) is 27.7 Å². The SMILES string of the molecule is Cc1c(C(=O)N2CCN(C(=O)C(C)(C)C)CC2)cc(-c2ccc(Cl)cc2)n1-c1cccc(F)c1. The molecule has 0 unspecified atom stereocenters. The van der Waals surface area contributed by atoms with E-state index in [9.17, 15) is 14.0 Å². The van der Waals surface area contributed by atoms with Crippen LogP contribution in [-0.2, 0) is 4.79 Å². The Balaban J connectivity index is 1.68. The lowest BCUT2D eigenvalue weighted by atomic mass is 9.94. The lowest BCUT2D eigenvalue weighted by Gasteiger charge is -2.37. The lowest BCUT2D eigenvalue weighted by molar-refractivity contribution is -0.140. The molecule has 0 radical (unpaired) electrons. The highest BCUT2D eigenvalue weighted by molar-refractivity contribution is 6.30. The molecule has 2 aromatic carbocycles. The van der Waals surface area contributed by atoms with Crippen molar-refractivity contribution in [3.8, 4) is 16.9 Å². The summed E-state index contributed by atoms with van der Waals surface area (Å²) in [6.07, 6.45) is 0. The van der Waals surface area contributed by atoms with Gasteiger partial charge in [0.1, 0.15) is 5.82 Å². The summed E-state index contributed by atoms with van der Waals surface area (Å²) in [7, 11) is 0. The van der Waals surface area contributed by atoms with E-state index in [-0.39, 0.29) is 17.6 Å². The minimum absolute atomic E-state index is 0.0919. The van der Waals surface area contributed by atoms with E-state index in [1.165, 1.54) is 12.1 Å². The number of amides is 2. The van der Waals surface area contributed by atoms with Gasteiger partial charge in [-0.05, 0) is 48.9 Å². The normalized spacial score (nSPS) is 14.4. The van der Waals surface area contributed by atoms with E-state index >= 15 is 0 Å². The first-order valence-electron chi connectivity index (χ1n) is 11.4. The summed E-state index contributed by atoms with van der Waals surface area (Å²) in [6.45, 7) is 9.56. The van der Waals surface area contributed by atoms with Crippen molar-refractivity contribution >= 4 is 23.4 Å². The van der Waals surface area contributed by atoms with Crippen molar-refractivity contribution in [3.63, 3.8) is 0 Å². The molecule has 0 atom stereocenters. The molecule has 1 fully saturated rings. The van der Waals surface area contributed by atoms with Crippen molar-refractivity contribution in [1.29, 1.82) is 0 Å². The lowest BCUT2D eigenvalue weighted by Crippen LogP contribution is -2.53. The van der Waals surface area contributed by atoms with Gasteiger partial charge in [0.05, 0.1) is 11.3 Å². The monoisotopic (exact) mass is 481 g/mol. The maximum atomic E-state index is 14.1. The molecule has 2 amide bonds. The predicted molar refractivity (Wildman–Crippen MR) is 133 cm³/mol. The van der Waals surface area contributed by atoms with Crippen LogP contribution in [0.25, 0.3) is 16.9 Å².